The van der Waals surface area contributed by atoms with Crippen LogP contribution in [0.2, 0.25) is 0 Å². The Balaban J connectivity index is 4.26. The largest absolute Gasteiger partial charge is 0.480 e. The Morgan fingerprint density at radius 3 is 2.44 bits per heavy atom. The van der Waals surface area contributed by atoms with Crippen LogP contribution >= 0.6 is 0 Å². The molecule has 8 heteroatoms. The number of carbonyl (C=O) groups excluding carboxylic acids is 2. The maximum absolute atomic E-state index is 11.6. The van der Waals surface area contributed by atoms with Gasteiger partial charge in [-0.25, -0.2) is 9.59 Å². The van der Waals surface area contributed by atoms with Gasteiger partial charge >= 0.3 is 12.0 Å². The highest BCUT2D eigenvalue weighted by molar-refractivity contribution is 5.83. The Morgan fingerprint density at radius 2 is 2.00 bits per heavy atom. The van der Waals surface area contributed by atoms with Gasteiger partial charge in [-0.3, -0.25) is 4.79 Å². The number of rotatable bonds is 8. The summed E-state index contributed by atoms with van der Waals surface area (Å²) in [5.41, 5.74) is 4.93. The fourth-order valence-electron chi connectivity index (χ4n) is 1.18. The lowest BCUT2D eigenvalue weighted by atomic mass is 10.1. The van der Waals surface area contributed by atoms with E-state index in [9.17, 15) is 14.4 Å². The molecule has 5 N–H and O–H groups in total. The van der Waals surface area contributed by atoms with Crippen LogP contribution in [0.25, 0.3) is 0 Å². The maximum Gasteiger partial charge on any atom is 0.326 e. The topological polar surface area (TPSA) is 125 Å². The summed E-state index contributed by atoms with van der Waals surface area (Å²) in [5, 5.41) is 14.1. The maximum atomic E-state index is 11.6. The van der Waals surface area contributed by atoms with Crippen LogP contribution in [0.5, 0.6) is 0 Å². The average Bonchev–Trinajstić information content (AvgIpc) is 2.30. The molecule has 0 aromatic carbocycles. The number of carboxylic acids is 1. The number of amides is 3. The standard InChI is InChI=1S/C10H20N4O4/c1-12-5-6-14(2)10(18)13-7(9(16)17)3-4-8(11)15/h7,12H,3-6H2,1-2H3,(H2,11,15)(H,13,18)(H,16,17)/t7-/m1/s1. The Labute approximate surface area is 106 Å². The molecule has 0 bridgehead atoms. The number of nitrogens with one attached hydrogen (secondary N) is 2. The summed E-state index contributed by atoms with van der Waals surface area (Å²) in [7, 11) is 3.30. The molecule has 0 heterocycles. The lowest BCUT2D eigenvalue weighted by molar-refractivity contribution is -0.139. The predicted octanol–water partition coefficient (Wildman–Crippen LogP) is -1.43. The second-order valence-corrected chi connectivity index (χ2v) is 3.87. The molecule has 0 aromatic rings. The van der Waals surface area contributed by atoms with Crippen molar-refractivity contribution in [3.8, 4) is 0 Å². The van der Waals surface area contributed by atoms with Crippen molar-refractivity contribution in [1.82, 2.24) is 15.5 Å². The first-order valence-electron chi connectivity index (χ1n) is 5.55. The molecule has 104 valence electrons. The molecular formula is C10H20N4O4. The van der Waals surface area contributed by atoms with E-state index in [-0.39, 0.29) is 12.8 Å². The van der Waals surface area contributed by atoms with Crippen molar-refractivity contribution in [3.63, 3.8) is 0 Å². The molecule has 0 rings (SSSR count). The van der Waals surface area contributed by atoms with Gasteiger partial charge in [-0.1, -0.05) is 0 Å². The van der Waals surface area contributed by atoms with Crippen molar-refractivity contribution in [1.29, 1.82) is 0 Å². The van der Waals surface area contributed by atoms with E-state index >= 15 is 0 Å². The number of carboxylic acid groups (broad SMARTS) is 1. The molecule has 0 aliphatic rings. The minimum absolute atomic E-state index is 0.0176. The van der Waals surface area contributed by atoms with Crippen molar-refractivity contribution in [3.05, 3.63) is 0 Å². The minimum Gasteiger partial charge on any atom is -0.480 e. The fraction of sp³-hybridized carbons (Fsp3) is 0.700. The van der Waals surface area contributed by atoms with E-state index in [1.165, 1.54) is 4.90 Å². The van der Waals surface area contributed by atoms with Crippen molar-refractivity contribution >= 4 is 17.9 Å². The number of nitrogens with zero attached hydrogens (tertiary/aromatic N) is 1. The molecule has 0 spiro atoms. The molecule has 0 saturated heterocycles. The van der Waals surface area contributed by atoms with Gasteiger partial charge in [-0.2, -0.15) is 0 Å². The summed E-state index contributed by atoms with van der Waals surface area (Å²) in [5.74, 6) is -1.79. The van der Waals surface area contributed by atoms with Crippen molar-refractivity contribution in [2.24, 2.45) is 5.73 Å². The van der Waals surface area contributed by atoms with Gasteiger partial charge in [0.2, 0.25) is 5.91 Å². The average molecular weight is 260 g/mol. The fourth-order valence-corrected chi connectivity index (χ4v) is 1.18. The Morgan fingerprint density at radius 1 is 1.39 bits per heavy atom. The number of likely N-dealkylation sites (N-methyl/N-ethyl adjacent to an activating group) is 2. The second-order valence-electron chi connectivity index (χ2n) is 3.87. The Hall–Kier alpha value is -1.83. The van der Waals surface area contributed by atoms with Crippen LogP contribution in [-0.2, 0) is 9.59 Å². The molecule has 0 aliphatic heterocycles. The van der Waals surface area contributed by atoms with Gasteiger partial charge in [-0.15, -0.1) is 0 Å². The Bertz CT molecular complexity index is 308. The molecule has 8 nitrogen and oxygen atoms in total. The van der Waals surface area contributed by atoms with E-state index in [1.54, 1.807) is 14.1 Å². The Kier molecular flexibility index (Phi) is 7.45. The van der Waals surface area contributed by atoms with Gasteiger partial charge in [-0.05, 0) is 13.5 Å². The normalized spacial score (nSPS) is 11.7. The number of nitrogens with two attached hydrogens (primary N) is 1. The lowest BCUT2D eigenvalue weighted by Crippen LogP contribution is -2.48. The number of urea groups is 1. The van der Waals surface area contributed by atoms with Crippen molar-refractivity contribution in [2.75, 3.05) is 27.2 Å². The lowest BCUT2D eigenvalue weighted by Gasteiger charge is -2.21. The number of hydrogen-bond donors (Lipinski definition) is 4. The summed E-state index contributed by atoms with van der Waals surface area (Å²) in [6.07, 6.45) is -0.103. The third-order valence-corrected chi connectivity index (χ3v) is 2.32. The van der Waals surface area contributed by atoms with Crippen LogP contribution in [0.15, 0.2) is 0 Å². The van der Waals surface area contributed by atoms with Crippen LogP contribution in [0.1, 0.15) is 12.8 Å². The van der Waals surface area contributed by atoms with Crippen LogP contribution < -0.4 is 16.4 Å². The first kappa shape index (κ1) is 16.2. The zero-order valence-corrected chi connectivity index (χ0v) is 10.6. The molecule has 3 amide bonds. The number of carbonyl (C=O) groups is 3. The quantitative estimate of drug-likeness (QED) is 0.425. The van der Waals surface area contributed by atoms with Gasteiger partial charge < -0.3 is 26.4 Å². The van der Waals surface area contributed by atoms with E-state index in [0.717, 1.165) is 0 Å². The minimum atomic E-state index is -1.19. The van der Waals surface area contributed by atoms with Crippen LogP contribution in [0.4, 0.5) is 4.79 Å². The van der Waals surface area contributed by atoms with Gasteiger partial charge in [0.25, 0.3) is 0 Å². The van der Waals surface area contributed by atoms with Crippen LogP contribution in [0.3, 0.4) is 0 Å². The molecule has 0 aliphatic carbocycles. The van der Waals surface area contributed by atoms with E-state index in [2.05, 4.69) is 10.6 Å². The highest BCUT2D eigenvalue weighted by Crippen LogP contribution is 1.98. The van der Waals surface area contributed by atoms with Crippen LogP contribution in [-0.4, -0.2) is 61.1 Å². The zero-order chi connectivity index (χ0) is 14.1. The van der Waals surface area contributed by atoms with Gasteiger partial charge in [0.05, 0.1) is 0 Å². The highest BCUT2D eigenvalue weighted by Gasteiger charge is 2.21. The third-order valence-electron chi connectivity index (χ3n) is 2.32. The second kappa shape index (κ2) is 8.29. The first-order chi connectivity index (χ1) is 8.38. The predicted molar refractivity (Wildman–Crippen MR) is 64.9 cm³/mol. The zero-order valence-electron chi connectivity index (χ0n) is 10.6. The summed E-state index contributed by atoms with van der Waals surface area (Å²) in [6.45, 7) is 1.05. The molecule has 0 aromatic heterocycles. The molecule has 0 fully saturated rings. The van der Waals surface area contributed by atoms with E-state index < -0.39 is 23.9 Å². The molecular weight excluding hydrogens is 240 g/mol. The summed E-state index contributed by atoms with van der Waals surface area (Å²) >= 11 is 0. The van der Waals surface area contributed by atoms with Gasteiger partial charge in [0.15, 0.2) is 0 Å². The highest BCUT2D eigenvalue weighted by atomic mass is 16.4. The number of hydrogen-bond acceptors (Lipinski definition) is 4. The number of primary amides is 1. The summed E-state index contributed by atoms with van der Waals surface area (Å²) in [6, 6.07) is -1.61. The van der Waals surface area contributed by atoms with Crippen molar-refractivity contribution in [2.45, 2.75) is 18.9 Å². The number of aliphatic carboxylic acids is 1. The third kappa shape index (κ3) is 6.69. The van der Waals surface area contributed by atoms with Gasteiger partial charge in [0.1, 0.15) is 6.04 Å². The molecule has 1 atom stereocenters. The molecule has 0 unspecified atom stereocenters. The summed E-state index contributed by atoms with van der Waals surface area (Å²) in [4.78, 5) is 34.4. The smallest absolute Gasteiger partial charge is 0.326 e. The molecule has 0 saturated carbocycles. The monoisotopic (exact) mass is 260 g/mol. The molecule has 18 heavy (non-hydrogen) atoms. The van der Waals surface area contributed by atoms with E-state index in [4.69, 9.17) is 10.8 Å². The van der Waals surface area contributed by atoms with E-state index in [1.807, 2.05) is 0 Å². The van der Waals surface area contributed by atoms with Crippen molar-refractivity contribution < 1.29 is 19.5 Å². The van der Waals surface area contributed by atoms with Gasteiger partial charge in [0, 0.05) is 26.6 Å². The molecule has 0 radical (unpaired) electrons. The summed E-state index contributed by atoms with van der Waals surface area (Å²) < 4.78 is 0. The SMILES string of the molecule is CNCCN(C)C(=O)N[C@H](CCC(N)=O)C(=O)O. The van der Waals surface area contributed by atoms with E-state index in [0.29, 0.717) is 13.1 Å². The van der Waals surface area contributed by atoms with Crippen LogP contribution in [0, 0.1) is 0 Å². The first-order valence-corrected chi connectivity index (χ1v) is 5.55.